The molecule has 1 saturated carbocycles. The molecule has 3 nitrogen and oxygen atoms in total. The topological polar surface area (TPSA) is 34.4 Å². The lowest BCUT2D eigenvalue weighted by atomic mass is 9.84. The summed E-state index contributed by atoms with van der Waals surface area (Å²) in [7, 11) is 0. The van der Waals surface area contributed by atoms with Crippen LogP contribution in [0.1, 0.15) is 54.1 Å². The second-order valence-corrected chi connectivity index (χ2v) is 6.85. The van der Waals surface area contributed by atoms with Crippen molar-refractivity contribution in [2.45, 2.75) is 38.0 Å². The van der Waals surface area contributed by atoms with Crippen LogP contribution in [0.5, 0.6) is 0 Å². The van der Waals surface area contributed by atoms with Crippen LogP contribution in [-0.2, 0) is 0 Å². The van der Waals surface area contributed by atoms with Gasteiger partial charge in [0.2, 0.25) is 0 Å². The molecule has 4 heteroatoms. The maximum atomic E-state index is 11.4. The highest BCUT2D eigenvalue weighted by Crippen LogP contribution is 2.34. The van der Waals surface area contributed by atoms with Gasteiger partial charge >= 0.3 is 0 Å². The van der Waals surface area contributed by atoms with Crippen molar-refractivity contribution in [3.05, 3.63) is 47.1 Å². The Morgan fingerprint density at radius 3 is 2.64 bits per heavy atom. The summed E-state index contributed by atoms with van der Waals surface area (Å²) in [5.41, 5.74) is 3.88. The average molecular weight is 310 g/mol. The minimum Gasteiger partial charge on any atom is -0.296 e. The van der Waals surface area contributed by atoms with Crippen LogP contribution in [0, 0.1) is 0 Å². The summed E-state index contributed by atoms with van der Waals surface area (Å²) >= 11 is 1.55. The number of hydrogen-bond donors (Lipinski definition) is 0. The standard InChI is InChI=1S/C18H18N2OS/c21-12-16-17(19-18-20(16)10-11-22-18)15-8-6-14(7-9-15)13-4-2-1-3-5-13/h6-13H,1-5H2. The lowest BCUT2D eigenvalue weighted by Gasteiger charge is -2.22. The summed E-state index contributed by atoms with van der Waals surface area (Å²) in [5, 5.41) is 1.95. The fourth-order valence-electron chi connectivity index (χ4n) is 3.48. The molecule has 2 heterocycles. The third kappa shape index (κ3) is 2.28. The van der Waals surface area contributed by atoms with E-state index in [9.17, 15) is 4.79 Å². The number of aldehydes is 1. The second kappa shape index (κ2) is 5.69. The molecule has 0 unspecified atom stereocenters. The molecule has 1 aliphatic carbocycles. The Balaban J connectivity index is 1.69. The largest absolute Gasteiger partial charge is 0.296 e. The van der Waals surface area contributed by atoms with Gasteiger partial charge in [-0.05, 0) is 24.3 Å². The van der Waals surface area contributed by atoms with Crippen LogP contribution in [0.2, 0.25) is 0 Å². The van der Waals surface area contributed by atoms with Gasteiger partial charge < -0.3 is 0 Å². The van der Waals surface area contributed by atoms with Crippen LogP contribution in [0.25, 0.3) is 16.2 Å². The lowest BCUT2D eigenvalue weighted by Crippen LogP contribution is -2.04. The molecule has 0 amide bonds. The van der Waals surface area contributed by atoms with Crippen molar-refractivity contribution in [1.82, 2.24) is 9.38 Å². The highest BCUT2D eigenvalue weighted by atomic mass is 32.1. The average Bonchev–Trinajstić information content (AvgIpc) is 3.16. The maximum absolute atomic E-state index is 11.4. The number of rotatable bonds is 3. The van der Waals surface area contributed by atoms with Crippen molar-refractivity contribution in [1.29, 1.82) is 0 Å². The van der Waals surface area contributed by atoms with E-state index in [1.54, 1.807) is 11.3 Å². The van der Waals surface area contributed by atoms with Crippen LogP contribution < -0.4 is 0 Å². The van der Waals surface area contributed by atoms with E-state index >= 15 is 0 Å². The van der Waals surface area contributed by atoms with Gasteiger partial charge in [-0.25, -0.2) is 4.98 Å². The Bertz CT molecular complexity index is 794. The van der Waals surface area contributed by atoms with Gasteiger partial charge in [-0.3, -0.25) is 9.20 Å². The van der Waals surface area contributed by atoms with Gasteiger partial charge in [0.05, 0.1) is 0 Å². The molecule has 1 aromatic carbocycles. The molecule has 4 rings (SSSR count). The summed E-state index contributed by atoms with van der Waals surface area (Å²) in [6, 6.07) is 8.66. The van der Waals surface area contributed by atoms with Gasteiger partial charge in [0, 0.05) is 17.1 Å². The van der Waals surface area contributed by atoms with Crippen molar-refractivity contribution >= 4 is 22.6 Å². The summed E-state index contributed by atoms with van der Waals surface area (Å²) in [6.07, 6.45) is 9.48. The fourth-order valence-corrected chi connectivity index (χ4v) is 4.20. The van der Waals surface area contributed by atoms with Gasteiger partial charge in [0.25, 0.3) is 0 Å². The van der Waals surface area contributed by atoms with Gasteiger partial charge in [-0.2, -0.15) is 0 Å². The van der Waals surface area contributed by atoms with Crippen LogP contribution in [-0.4, -0.2) is 15.7 Å². The Morgan fingerprint density at radius 1 is 1.14 bits per heavy atom. The molecule has 0 atom stereocenters. The smallest absolute Gasteiger partial charge is 0.194 e. The molecule has 0 N–H and O–H groups in total. The Labute approximate surface area is 133 Å². The first-order valence-corrected chi connectivity index (χ1v) is 8.76. The van der Waals surface area contributed by atoms with E-state index in [1.807, 2.05) is 16.0 Å². The van der Waals surface area contributed by atoms with Crippen LogP contribution in [0.15, 0.2) is 35.8 Å². The normalized spacial score (nSPS) is 16.2. The number of benzene rings is 1. The molecule has 1 aliphatic rings. The summed E-state index contributed by atoms with van der Waals surface area (Å²) in [5.74, 6) is 0.707. The number of aromatic nitrogens is 2. The van der Waals surface area contributed by atoms with E-state index in [0.717, 1.165) is 22.5 Å². The van der Waals surface area contributed by atoms with Crippen molar-refractivity contribution < 1.29 is 4.79 Å². The lowest BCUT2D eigenvalue weighted by molar-refractivity contribution is 0.111. The summed E-state index contributed by atoms with van der Waals surface area (Å²) in [4.78, 5) is 16.9. The van der Waals surface area contributed by atoms with E-state index in [4.69, 9.17) is 0 Å². The number of thiazole rings is 1. The molecule has 2 aromatic heterocycles. The molecule has 0 aliphatic heterocycles. The number of hydrogen-bond acceptors (Lipinski definition) is 3. The Morgan fingerprint density at radius 2 is 1.91 bits per heavy atom. The van der Waals surface area contributed by atoms with Crippen molar-refractivity contribution in [3.8, 4) is 11.3 Å². The highest BCUT2D eigenvalue weighted by Gasteiger charge is 2.17. The number of nitrogens with zero attached hydrogens (tertiary/aromatic N) is 2. The molecule has 0 radical (unpaired) electrons. The molecular weight excluding hydrogens is 292 g/mol. The first-order valence-electron chi connectivity index (χ1n) is 7.88. The van der Waals surface area contributed by atoms with E-state index in [1.165, 1.54) is 37.7 Å². The van der Waals surface area contributed by atoms with Gasteiger partial charge in [0.1, 0.15) is 11.4 Å². The summed E-state index contributed by atoms with van der Waals surface area (Å²) < 4.78 is 1.86. The Hall–Kier alpha value is -1.94. The molecule has 1 fully saturated rings. The van der Waals surface area contributed by atoms with Crippen LogP contribution in [0.3, 0.4) is 0 Å². The Kier molecular flexibility index (Phi) is 3.54. The third-order valence-corrected chi connectivity index (χ3v) is 5.43. The number of carbonyl (C=O) groups excluding carboxylic acids is 1. The highest BCUT2D eigenvalue weighted by molar-refractivity contribution is 7.15. The monoisotopic (exact) mass is 310 g/mol. The van der Waals surface area contributed by atoms with Gasteiger partial charge in [-0.1, -0.05) is 43.5 Å². The quantitative estimate of drug-likeness (QED) is 0.643. The van der Waals surface area contributed by atoms with E-state index < -0.39 is 0 Å². The zero-order chi connectivity index (χ0) is 14.9. The zero-order valence-electron chi connectivity index (χ0n) is 12.4. The minimum absolute atomic E-state index is 0.640. The molecular formula is C18H18N2OS. The van der Waals surface area contributed by atoms with Crippen LogP contribution in [0.4, 0.5) is 0 Å². The van der Waals surface area contributed by atoms with Gasteiger partial charge in [0.15, 0.2) is 11.2 Å². The van der Waals surface area contributed by atoms with Crippen molar-refractivity contribution in [3.63, 3.8) is 0 Å². The number of fused-ring (bicyclic) bond motifs is 1. The minimum atomic E-state index is 0.640. The summed E-state index contributed by atoms with van der Waals surface area (Å²) in [6.45, 7) is 0. The van der Waals surface area contributed by atoms with Gasteiger partial charge in [-0.15, -0.1) is 11.3 Å². The fraction of sp³-hybridized carbons (Fsp3) is 0.333. The van der Waals surface area contributed by atoms with E-state index in [2.05, 4.69) is 29.2 Å². The second-order valence-electron chi connectivity index (χ2n) is 5.98. The molecule has 0 spiro atoms. The van der Waals surface area contributed by atoms with Crippen molar-refractivity contribution in [2.24, 2.45) is 0 Å². The van der Waals surface area contributed by atoms with Crippen molar-refractivity contribution in [2.75, 3.05) is 0 Å². The molecule has 112 valence electrons. The zero-order valence-corrected chi connectivity index (χ0v) is 13.2. The molecule has 3 aromatic rings. The predicted molar refractivity (Wildman–Crippen MR) is 89.7 cm³/mol. The third-order valence-electron chi connectivity index (χ3n) is 4.67. The molecule has 0 bridgehead atoms. The first kappa shape index (κ1) is 13.7. The predicted octanol–water partition coefficient (Wildman–Crippen LogP) is 4.92. The van der Waals surface area contributed by atoms with E-state index in [-0.39, 0.29) is 0 Å². The number of carbonyl (C=O) groups is 1. The molecule has 0 saturated heterocycles. The van der Waals surface area contributed by atoms with Crippen LogP contribution >= 0.6 is 11.3 Å². The van der Waals surface area contributed by atoms with E-state index in [0.29, 0.717) is 11.6 Å². The maximum Gasteiger partial charge on any atom is 0.194 e. The number of imidazole rings is 1. The molecule has 22 heavy (non-hydrogen) atoms. The first-order chi connectivity index (χ1) is 10.9. The SMILES string of the molecule is O=Cc1c(-c2ccc(C3CCCCC3)cc2)nc2sccn12.